The lowest BCUT2D eigenvalue weighted by molar-refractivity contribution is 0.178. The standard InChI is InChI=1S/C15H19N3O3/c1-15(8-19-7-13(15)16)14-17-9-5-11-12(6-10(9)18-14)21-4-2-3-20-11/h5-6,13H,2-4,7-8,16H2,1H3,(H,17,18). The predicted octanol–water partition coefficient (Wildman–Crippen LogP) is 1.34. The SMILES string of the molecule is CC1(c2nc3cc4c(cc3[nH]2)OCCCO4)COCC1N. The van der Waals surface area contributed by atoms with Crippen LogP contribution in [0.2, 0.25) is 0 Å². The second-order valence-electron chi connectivity index (χ2n) is 5.99. The monoisotopic (exact) mass is 289 g/mol. The first-order valence-electron chi connectivity index (χ1n) is 7.30. The van der Waals surface area contributed by atoms with Crippen LogP contribution >= 0.6 is 0 Å². The molecule has 6 heteroatoms. The minimum atomic E-state index is -0.280. The van der Waals surface area contributed by atoms with E-state index >= 15 is 0 Å². The highest BCUT2D eigenvalue weighted by Gasteiger charge is 2.41. The minimum Gasteiger partial charge on any atom is -0.489 e. The van der Waals surface area contributed by atoms with Gasteiger partial charge in [-0.1, -0.05) is 0 Å². The largest absolute Gasteiger partial charge is 0.489 e. The zero-order chi connectivity index (χ0) is 14.4. The second-order valence-corrected chi connectivity index (χ2v) is 5.99. The number of rotatable bonds is 1. The summed E-state index contributed by atoms with van der Waals surface area (Å²) in [6.45, 7) is 4.58. The maximum atomic E-state index is 6.18. The van der Waals surface area contributed by atoms with Crippen molar-refractivity contribution in [2.45, 2.75) is 24.8 Å². The highest BCUT2D eigenvalue weighted by atomic mass is 16.5. The molecule has 112 valence electrons. The number of nitrogens with two attached hydrogens (primary N) is 1. The van der Waals surface area contributed by atoms with E-state index in [1.165, 1.54) is 0 Å². The van der Waals surface area contributed by atoms with Crippen molar-refractivity contribution in [2.24, 2.45) is 5.73 Å². The lowest BCUT2D eigenvalue weighted by atomic mass is 9.85. The number of H-pyrrole nitrogens is 1. The summed E-state index contributed by atoms with van der Waals surface area (Å²) in [6.07, 6.45) is 0.894. The van der Waals surface area contributed by atoms with Gasteiger partial charge in [-0.15, -0.1) is 0 Å². The molecule has 1 saturated heterocycles. The summed E-state index contributed by atoms with van der Waals surface area (Å²) in [5.74, 6) is 2.39. The van der Waals surface area contributed by atoms with E-state index in [9.17, 15) is 0 Å². The summed E-state index contributed by atoms with van der Waals surface area (Å²) in [6, 6.07) is 3.83. The van der Waals surface area contributed by atoms with Crippen molar-refractivity contribution < 1.29 is 14.2 Å². The molecule has 0 aliphatic carbocycles. The molecule has 2 aliphatic heterocycles. The number of ether oxygens (including phenoxy) is 3. The Morgan fingerprint density at radius 3 is 2.76 bits per heavy atom. The molecule has 2 unspecified atom stereocenters. The van der Waals surface area contributed by atoms with Gasteiger partial charge in [0, 0.05) is 24.6 Å². The summed E-state index contributed by atoms with van der Waals surface area (Å²) in [5, 5.41) is 0. The molecule has 0 radical (unpaired) electrons. The molecule has 21 heavy (non-hydrogen) atoms. The molecule has 2 atom stereocenters. The van der Waals surface area contributed by atoms with E-state index in [1.807, 2.05) is 12.1 Å². The molecule has 1 fully saturated rings. The number of nitrogens with zero attached hydrogens (tertiary/aromatic N) is 1. The molecule has 1 aromatic heterocycles. The fraction of sp³-hybridized carbons (Fsp3) is 0.533. The van der Waals surface area contributed by atoms with E-state index in [4.69, 9.17) is 24.9 Å². The minimum absolute atomic E-state index is 0.0524. The number of aromatic amines is 1. The Bertz CT molecular complexity index is 641. The number of hydrogen-bond donors (Lipinski definition) is 2. The van der Waals surface area contributed by atoms with Crippen molar-refractivity contribution in [1.82, 2.24) is 9.97 Å². The molecule has 0 bridgehead atoms. The molecule has 0 amide bonds. The fourth-order valence-electron chi connectivity index (χ4n) is 2.87. The van der Waals surface area contributed by atoms with Crippen molar-refractivity contribution >= 4 is 11.0 Å². The Labute approximate surface area is 122 Å². The van der Waals surface area contributed by atoms with E-state index in [2.05, 4.69) is 11.9 Å². The normalized spacial score (nSPS) is 28.8. The van der Waals surface area contributed by atoms with Gasteiger partial charge in [-0.3, -0.25) is 0 Å². The highest BCUT2D eigenvalue weighted by molar-refractivity contribution is 5.80. The summed E-state index contributed by atoms with van der Waals surface area (Å²) < 4.78 is 16.9. The van der Waals surface area contributed by atoms with Gasteiger partial charge in [-0.05, 0) is 6.92 Å². The summed E-state index contributed by atoms with van der Waals surface area (Å²) in [5.41, 5.74) is 7.71. The zero-order valence-electron chi connectivity index (χ0n) is 12.0. The number of nitrogens with one attached hydrogen (secondary N) is 1. The summed E-state index contributed by atoms with van der Waals surface area (Å²) >= 11 is 0. The Kier molecular flexibility index (Phi) is 2.83. The zero-order valence-corrected chi connectivity index (χ0v) is 12.0. The summed E-state index contributed by atoms with van der Waals surface area (Å²) in [7, 11) is 0. The first kappa shape index (κ1) is 12.9. The van der Waals surface area contributed by atoms with Gasteiger partial charge in [-0.2, -0.15) is 0 Å². The fourth-order valence-corrected chi connectivity index (χ4v) is 2.87. The van der Waals surface area contributed by atoms with Crippen LogP contribution in [0.15, 0.2) is 12.1 Å². The molecular formula is C15H19N3O3. The molecule has 1 aromatic carbocycles. The topological polar surface area (TPSA) is 82.4 Å². The van der Waals surface area contributed by atoms with Crippen LogP contribution in [0, 0.1) is 0 Å². The number of benzene rings is 1. The number of imidazole rings is 1. The molecular weight excluding hydrogens is 270 g/mol. The Morgan fingerprint density at radius 1 is 1.29 bits per heavy atom. The lowest BCUT2D eigenvalue weighted by Gasteiger charge is -2.23. The first-order valence-corrected chi connectivity index (χ1v) is 7.30. The smallest absolute Gasteiger partial charge is 0.163 e. The van der Waals surface area contributed by atoms with Crippen LogP contribution in [-0.2, 0) is 10.2 Å². The van der Waals surface area contributed by atoms with Crippen LogP contribution in [0.1, 0.15) is 19.2 Å². The van der Waals surface area contributed by atoms with Crippen LogP contribution in [0.3, 0.4) is 0 Å². The molecule has 0 saturated carbocycles. The number of fused-ring (bicyclic) bond motifs is 2. The van der Waals surface area contributed by atoms with Crippen LogP contribution in [0.4, 0.5) is 0 Å². The third-order valence-corrected chi connectivity index (χ3v) is 4.41. The molecule has 3 heterocycles. The van der Waals surface area contributed by atoms with Crippen molar-refractivity contribution in [3.8, 4) is 11.5 Å². The highest BCUT2D eigenvalue weighted by Crippen LogP contribution is 2.36. The van der Waals surface area contributed by atoms with Gasteiger partial charge in [0.25, 0.3) is 0 Å². The quantitative estimate of drug-likeness (QED) is 0.828. The third-order valence-electron chi connectivity index (χ3n) is 4.41. The molecule has 4 rings (SSSR count). The van der Waals surface area contributed by atoms with Crippen molar-refractivity contribution in [1.29, 1.82) is 0 Å². The van der Waals surface area contributed by atoms with E-state index in [0.717, 1.165) is 34.8 Å². The molecule has 0 spiro atoms. The molecule has 3 N–H and O–H groups in total. The van der Waals surface area contributed by atoms with Crippen molar-refractivity contribution in [3.05, 3.63) is 18.0 Å². The lowest BCUT2D eigenvalue weighted by Crippen LogP contribution is -2.42. The van der Waals surface area contributed by atoms with Gasteiger partial charge in [0.1, 0.15) is 5.82 Å². The first-order chi connectivity index (χ1) is 10.2. The van der Waals surface area contributed by atoms with Gasteiger partial charge in [-0.25, -0.2) is 4.98 Å². The van der Waals surface area contributed by atoms with Gasteiger partial charge in [0.15, 0.2) is 11.5 Å². The maximum absolute atomic E-state index is 6.18. The van der Waals surface area contributed by atoms with Crippen molar-refractivity contribution in [2.75, 3.05) is 26.4 Å². The number of aromatic nitrogens is 2. The van der Waals surface area contributed by atoms with Gasteiger partial charge in [0.05, 0.1) is 42.9 Å². The Morgan fingerprint density at radius 2 is 2.05 bits per heavy atom. The van der Waals surface area contributed by atoms with Crippen LogP contribution in [-0.4, -0.2) is 42.4 Å². The Balaban J connectivity index is 1.80. The van der Waals surface area contributed by atoms with Gasteiger partial charge < -0.3 is 24.9 Å². The number of hydrogen-bond acceptors (Lipinski definition) is 5. The second kappa shape index (κ2) is 4.61. The molecule has 2 aliphatic rings. The van der Waals surface area contributed by atoms with Crippen LogP contribution < -0.4 is 15.2 Å². The Hall–Kier alpha value is -1.79. The summed E-state index contributed by atoms with van der Waals surface area (Å²) in [4.78, 5) is 8.08. The molecule has 6 nitrogen and oxygen atoms in total. The van der Waals surface area contributed by atoms with Gasteiger partial charge in [0.2, 0.25) is 0 Å². The average molecular weight is 289 g/mol. The van der Waals surface area contributed by atoms with Crippen LogP contribution in [0.25, 0.3) is 11.0 Å². The third kappa shape index (κ3) is 1.98. The van der Waals surface area contributed by atoms with Gasteiger partial charge >= 0.3 is 0 Å². The maximum Gasteiger partial charge on any atom is 0.163 e. The van der Waals surface area contributed by atoms with E-state index in [1.54, 1.807) is 0 Å². The van der Waals surface area contributed by atoms with E-state index in [-0.39, 0.29) is 11.5 Å². The predicted molar refractivity (Wildman–Crippen MR) is 77.8 cm³/mol. The van der Waals surface area contributed by atoms with Crippen molar-refractivity contribution in [3.63, 3.8) is 0 Å². The van der Waals surface area contributed by atoms with Crippen LogP contribution in [0.5, 0.6) is 11.5 Å². The average Bonchev–Trinajstić information content (AvgIpc) is 2.94. The van der Waals surface area contributed by atoms with E-state index in [0.29, 0.717) is 26.4 Å². The van der Waals surface area contributed by atoms with E-state index < -0.39 is 0 Å². The molecule has 2 aromatic rings.